The second-order valence-corrected chi connectivity index (χ2v) is 6.37. The number of ether oxygens (including phenoxy) is 2. The lowest BCUT2D eigenvalue weighted by Crippen LogP contribution is -2.31. The maximum absolute atomic E-state index is 12.2. The van der Waals surface area contributed by atoms with Crippen LogP contribution in [-0.4, -0.2) is 29.3 Å². The second kappa shape index (κ2) is 8.99. The van der Waals surface area contributed by atoms with Crippen LogP contribution in [0, 0.1) is 0 Å². The summed E-state index contributed by atoms with van der Waals surface area (Å²) >= 11 is 0. The molecule has 0 bridgehead atoms. The van der Waals surface area contributed by atoms with E-state index in [-0.39, 0.29) is 11.9 Å². The van der Waals surface area contributed by atoms with E-state index < -0.39 is 0 Å². The Morgan fingerprint density at radius 1 is 1.00 bits per heavy atom. The van der Waals surface area contributed by atoms with Gasteiger partial charge in [-0.3, -0.25) is 4.79 Å². The first-order chi connectivity index (χ1) is 13.6. The van der Waals surface area contributed by atoms with Gasteiger partial charge in [-0.2, -0.15) is 0 Å². The molecule has 3 rings (SSSR count). The zero-order valence-corrected chi connectivity index (χ0v) is 16.2. The topological polar surface area (TPSA) is 73.3 Å². The van der Waals surface area contributed by atoms with Crippen molar-refractivity contribution in [3.63, 3.8) is 0 Å². The molecule has 0 radical (unpaired) electrons. The van der Waals surface area contributed by atoms with Crippen LogP contribution in [0.25, 0.3) is 11.3 Å². The molecular weight excluding hydrogens is 354 g/mol. The molecule has 6 nitrogen and oxygen atoms in total. The molecule has 1 atom stereocenters. The molecule has 2 aromatic carbocycles. The molecule has 28 heavy (non-hydrogen) atoms. The minimum absolute atomic E-state index is 0.0764. The highest BCUT2D eigenvalue weighted by Gasteiger charge is 2.10. The van der Waals surface area contributed by atoms with E-state index in [9.17, 15) is 4.79 Å². The Bertz CT molecular complexity index is 925. The van der Waals surface area contributed by atoms with Crippen molar-refractivity contribution in [1.29, 1.82) is 0 Å². The van der Waals surface area contributed by atoms with Crippen LogP contribution in [-0.2, 0) is 0 Å². The number of amides is 1. The molecule has 0 aliphatic carbocycles. The summed E-state index contributed by atoms with van der Waals surface area (Å²) in [6.07, 6.45) is 0.892. The highest BCUT2D eigenvalue weighted by atomic mass is 16.5. The van der Waals surface area contributed by atoms with Crippen molar-refractivity contribution in [2.45, 2.75) is 26.3 Å². The molecule has 1 amide bonds. The van der Waals surface area contributed by atoms with Crippen molar-refractivity contribution in [2.75, 3.05) is 7.11 Å². The fourth-order valence-electron chi connectivity index (χ4n) is 2.55. The number of carbonyl (C=O) groups is 1. The van der Waals surface area contributed by atoms with Gasteiger partial charge in [0.25, 0.3) is 5.91 Å². The Morgan fingerprint density at radius 3 is 2.32 bits per heavy atom. The third-order valence-electron chi connectivity index (χ3n) is 4.36. The minimum atomic E-state index is -0.0764. The predicted octanol–water partition coefficient (Wildman–Crippen LogP) is 4.47. The number of methoxy groups -OCH3 is 1. The van der Waals surface area contributed by atoms with Crippen LogP contribution in [0.5, 0.6) is 17.4 Å². The molecule has 0 aliphatic rings. The van der Waals surface area contributed by atoms with Gasteiger partial charge in [-0.15, -0.1) is 10.2 Å². The quantitative estimate of drug-likeness (QED) is 0.657. The van der Waals surface area contributed by atoms with Crippen LogP contribution >= 0.6 is 0 Å². The molecule has 1 aromatic heterocycles. The summed E-state index contributed by atoms with van der Waals surface area (Å²) in [6.45, 7) is 4.02. The van der Waals surface area contributed by atoms with Gasteiger partial charge in [-0.25, -0.2) is 0 Å². The number of para-hydroxylation sites is 2. The highest BCUT2D eigenvalue weighted by molar-refractivity contribution is 5.94. The second-order valence-electron chi connectivity index (χ2n) is 6.37. The third-order valence-corrected chi connectivity index (χ3v) is 4.36. The van der Waals surface area contributed by atoms with E-state index in [0.717, 1.165) is 12.0 Å². The molecule has 0 saturated carbocycles. The Kier molecular flexibility index (Phi) is 6.22. The zero-order valence-electron chi connectivity index (χ0n) is 16.2. The van der Waals surface area contributed by atoms with Gasteiger partial charge in [0.15, 0.2) is 11.5 Å². The molecule has 6 heteroatoms. The molecule has 144 valence electrons. The van der Waals surface area contributed by atoms with Gasteiger partial charge in [0, 0.05) is 23.2 Å². The van der Waals surface area contributed by atoms with Gasteiger partial charge in [0.2, 0.25) is 5.88 Å². The molecule has 1 heterocycles. The molecule has 0 saturated heterocycles. The summed E-state index contributed by atoms with van der Waals surface area (Å²) in [4.78, 5) is 12.2. The summed E-state index contributed by atoms with van der Waals surface area (Å²) in [5.74, 6) is 1.49. The lowest BCUT2D eigenvalue weighted by atomic mass is 10.1. The fourth-order valence-corrected chi connectivity index (χ4v) is 2.55. The van der Waals surface area contributed by atoms with E-state index in [1.54, 1.807) is 31.4 Å². The number of rotatable bonds is 7. The van der Waals surface area contributed by atoms with Gasteiger partial charge in [-0.05, 0) is 43.7 Å². The summed E-state index contributed by atoms with van der Waals surface area (Å²) in [5, 5.41) is 11.3. The van der Waals surface area contributed by atoms with E-state index in [0.29, 0.717) is 28.6 Å². The molecule has 1 N–H and O–H groups in total. The van der Waals surface area contributed by atoms with E-state index in [2.05, 4.69) is 15.5 Å². The fraction of sp³-hybridized carbons (Fsp3) is 0.227. The average Bonchev–Trinajstić information content (AvgIpc) is 2.74. The van der Waals surface area contributed by atoms with Crippen LogP contribution in [0.2, 0.25) is 0 Å². The zero-order chi connectivity index (χ0) is 19.9. The molecule has 3 aromatic rings. The molecular formula is C22H23N3O3. The van der Waals surface area contributed by atoms with Gasteiger partial charge in [0.1, 0.15) is 0 Å². The predicted molar refractivity (Wildman–Crippen MR) is 108 cm³/mol. The minimum Gasteiger partial charge on any atom is -0.493 e. The Balaban J connectivity index is 1.70. The lowest BCUT2D eigenvalue weighted by molar-refractivity contribution is 0.0939. The van der Waals surface area contributed by atoms with E-state index in [1.807, 2.05) is 50.2 Å². The summed E-state index contributed by atoms with van der Waals surface area (Å²) < 4.78 is 11.0. The average molecular weight is 377 g/mol. The summed E-state index contributed by atoms with van der Waals surface area (Å²) in [5.41, 5.74) is 2.19. The van der Waals surface area contributed by atoms with Gasteiger partial charge < -0.3 is 14.8 Å². The number of hydrogen-bond acceptors (Lipinski definition) is 5. The van der Waals surface area contributed by atoms with Crippen molar-refractivity contribution in [1.82, 2.24) is 15.5 Å². The van der Waals surface area contributed by atoms with Crippen LogP contribution in [0.1, 0.15) is 30.6 Å². The van der Waals surface area contributed by atoms with Gasteiger partial charge >= 0.3 is 0 Å². The molecule has 0 spiro atoms. The van der Waals surface area contributed by atoms with Crippen molar-refractivity contribution < 1.29 is 14.3 Å². The number of nitrogens with zero attached hydrogens (tertiary/aromatic N) is 2. The first-order valence-electron chi connectivity index (χ1n) is 9.16. The van der Waals surface area contributed by atoms with Crippen LogP contribution in [0.3, 0.4) is 0 Å². The number of aromatic nitrogens is 2. The number of nitrogens with one attached hydrogen (secondary N) is 1. The number of carbonyl (C=O) groups excluding carboxylic acids is 1. The number of benzene rings is 2. The highest BCUT2D eigenvalue weighted by Crippen LogP contribution is 2.30. The van der Waals surface area contributed by atoms with Crippen LogP contribution in [0.4, 0.5) is 0 Å². The van der Waals surface area contributed by atoms with Crippen LogP contribution in [0.15, 0.2) is 60.7 Å². The maximum Gasteiger partial charge on any atom is 0.251 e. The standard InChI is InChI=1S/C22H23N3O3/c1-4-15(2)23-22(26)17-11-9-16(10-12-17)18-13-14-21(25-24-18)28-20-8-6-5-7-19(20)27-3/h5-15H,4H2,1-3H3,(H,23,26)/t15-/m0/s1. The van der Waals surface area contributed by atoms with Crippen molar-refractivity contribution in [3.05, 3.63) is 66.2 Å². The largest absolute Gasteiger partial charge is 0.493 e. The third kappa shape index (κ3) is 4.65. The number of hydrogen-bond donors (Lipinski definition) is 1. The van der Waals surface area contributed by atoms with Gasteiger partial charge in [0.05, 0.1) is 12.8 Å². The maximum atomic E-state index is 12.2. The molecule has 0 unspecified atom stereocenters. The first-order valence-corrected chi connectivity index (χ1v) is 9.16. The first kappa shape index (κ1) is 19.4. The van der Waals surface area contributed by atoms with Crippen molar-refractivity contribution in [2.24, 2.45) is 0 Å². The Labute approximate surface area is 164 Å². The van der Waals surface area contributed by atoms with E-state index >= 15 is 0 Å². The summed E-state index contributed by atoms with van der Waals surface area (Å²) in [7, 11) is 1.59. The smallest absolute Gasteiger partial charge is 0.251 e. The van der Waals surface area contributed by atoms with Crippen LogP contribution < -0.4 is 14.8 Å². The molecule has 0 fully saturated rings. The monoisotopic (exact) mass is 377 g/mol. The van der Waals surface area contributed by atoms with E-state index in [1.165, 1.54) is 0 Å². The van der Waals surface area contributed by atoms with Crippen molar-refractivity contribution in [3.8, 4) is 28.6 Å². The Hall–Kier alpha value is -3.41. The normalized spacial score (nSPS) is 11.5. The summed E-state index contributed by atoms with van der Waals surface area (Å²) in [6, 6.07) is 18.4. The van der Waals surface area contributed by atoms with Gasteiger partial charge in [-0.1, -0.05) is 31.2 Å². The Morgan fingerprint density at radius 2 is 1.71 bits per heavy atom. The lowest BCUT2D eigenvalue weighted by Gasteiger charge is -2.11. The SMILES string of the molecule is CC[C@H](C)NC(=O)c1ccc(-c2ccc(Oc3ccccc3OC)nn2)cc1. The molecule has 0 aliphatic heterocycles. The van der Waals surface area contributed by atoms with Crippen molar-refractivity contribution >= 4 is 5.91 Å². The van der Waals surface area contributed by atoms with E-state index in [4.69, 9.17) is 9.47 Å².